The number of hydrazine groups is 1. The van der Waals surface area contributed by atoms with Crippen LogP contribution in [0.5, 0.6) is 0 Å². The highest BCUT2D eigenvalue weighted by Gasteiger charge is 2.19. The van der Waals surface area contributed by atoms with Crippen molar-refractivity contribution < 1.29 is 4.39 Å². The van der Waals surface area contributed by atoms with Gasteiger partial charge in [0.15, 0.2) is 0 Å². The third-order valence-electron chi connectivity index (χ3n) is 3.65. The molecule has 2 nitrogen and oxygen atoms in total. The van der Waals surface area contributed by atoms with Gasteiger partial charge in [-0.2, -0.15) is 0 Å². The van der Waals surface area contributed by atoms with Crippen molar-refractivity contribution in [3.8, 4) is 0 Å². The van der Waals surface area contributed by atoms with E-state index in [1.165, 1.54) is 18.9 Å². The number of hydrogen-bond acceptors (Lipinski definition) is 2. The zero-order valence-corrected chi connectivity index (χ0v) is 12.5. The van der Waals surface area contributed by atoms with Crippen molar-refractivity contribution in [1.82, 2.24) is 5.43 Å². The van der Waals surface area contributed by atoms with E-state index in [1.54, 1.807) is 12.1 Å². The van der Waals surface area contributed by atoms with Gasteiger partial charge in [-0.3, -0.25) is 11.3 Å². The molecule has 3 N–H and O–H groups in total. The fourth-order valence-corrected chi connectivity index (χ4v) is 2.56. The van der Waals surface area contributed by atoms with Crippen LogP contribution >= 0.6 is 11.6 Å². The zero-order chi connectivity index (χ0) is 14.3. The molecule has 0 saturated carbocycles. The molecule has 0 aliphatic carbocycles. The minimum absolute atomic E-state index is 0.180. The molecule has 2 atom stereocenters. The first-order valence-electron chi connectivity index (χ1n) is 7.03. The summed E-state index contributed by atoms with van der Waals surface area (Å²) in [6.07, 6.45) is 5.47. The van der Waals surface area contributed by atoms with Crippen LogP contribution in [0.15, 0.2) is 18.2 Å². The number of benzene rings is 1. The number of hydrogen-bond donors (Lipinski definition) is 2. The number of rotatable bonds is 8. The Morgan fingerprint density at radius 1 is 1.37 bits per heavy atom. The third kappa shape index (κ3) is 5.09. The normalized spacial score (nSPS) is 14.4. The Labute approximate surface area is 120 Å². The Balaban J connectivity index is 2.78. The van der Waals surface area contributed by atoms with Gasteiger partial charge in [-0.25, -0.2) is 4.39 Å². The Morgan fingerprint density at radius 2 is 2.11 bits per heavy atom. The Bertz CT molecular complexity index is 384. The minimum atomic E-state index is -0.252. The summed E-state index contributed by atoms with van der Waals surface area (Å²) >= 11 is 5.94. The van der Waals surface area contributed by atoms with Crippen LogP contribution in [-0.4, -0.2) is 0 Å². The lowest BCUT2D eigenvalue weighted by molar-refractivity contribution is 0.350. The molecular formula is C15H24ClFN2. The van der Waals surface area contributed by atoms with E-state index in [-0.39, 0.29) is 11.9 Å². The molecule has 2 unspecified atom stereocenters. The van der Waals surface area contributed by atoms with Crippen LogP contribution in [0.2, 0.25) is 5.02 Å². The third-order valence-corrected chi connectivity index (χ3v) is 3.88. The van der Waals surface area contributed by atoms with Gasteiger partial charge in [-0.15, -0.1) is 0 Å². The molecule has 1 aromatic rings. The van der Waals surface area contributed by atoms with Crippen molar-refractivity contribution in [2.24, 2.45) is 11.8 Å². The Kier molecular flexibility index (Phi) is 7.36. The molecule has 1 aromatic carbocycles. The van der Waals surface area contributed by atoms with E-state index in [2.05, 4.69) is 19.3 Å². The predicted octanol–water partition coefficient (Wildman–Crippen LogP) is 4.59. The van der Waals surface area contributed by atoms with Crippen LogP contribution in [0.25, 0.3) is 0 Å². The van der Waals surface area contributed by atoms with E-state index < -0.39 is 0 Å². The first kappa shape index (κ1) is 16.4. The Hall–Kier alpha value is -0.640. The number of unbranched alkanes of at least 4 members (excludes halogenated alkanes) is 1. The highest BCUT2D eigenvalue weighted by atomic mass is 35.5. The topological polar surface area (TPSA) is 38.0 Å². The largest absolute Gasteiger partial charge is 0.271 e. The van der Waals surface area contributed by atoms with Gasteiger partial charge in [-0.1, -0.05) is 51.1 Å². The number of nitrogens with one attached hydrogen (secondary N) is 1. The van der Waals surface area contributed by atoms with Crippen LogP contribution in [0.4, 0.5) is 4.39 Å². The molecule has 4 heteroatoms. The molecule has 0 radical (unpaired) electrons. The monoisotopic (exact) mass is 286 g/mol. The molecule has 108 valence electrons. The fraction of sp³-hybridized carbons (Fsp3) is 0.600. The standard InChI is InChI=1S/C15H24ClFN2/c1-3-5-6-11(4-2)9-15(19-18)13-10-12(16)7-8-14(13)17/h7-8,10-11,15,19H,3-6,9,18H2,1-2H3. The molecule has 0 aliphatic rings. The molecule has 0 heterocycles. The quantitative estimate of drug-likeness (QED) is 0.542. The Morgan fingerprint density at radius 3 is 2.68 bits per heavy atom. The lowest BCUT2D eigenvalue weighted by Crippen LogP contribution is -2.30. The SMILES string of the molecule is CCCCC(CC)CC(NN)c1cc(Cl)ccc1F. The molecule has 0 aliphatic heterocycles. The van der Waals surface area contributed by atoms with Crippen molar-refractivity contribution in [3.63, 3.8) is 0 Å². The summed E-state index contributed by atoms with van der Waals surface area (Å²) in [5.74, 6) is 5.90. The summed E-state index contributed by atoms with van der Waals surface area (Å²) in [4.78, 5) is 0. The van der Waals surface area contributed by atoms with Crippen molar-refractivity contribution in [1.29, 1.82) is 0 Å². The highest BCUT2D eigenvalue weighted by molar-refractivity contribution is 6.30. The second kappa shape index (κ2) is 8.51. The van der Waals surface area contributed by atoms with Gasteiger partial charge in [0.05, 0.1) is 0 Å². The van der Waals surface area contributed by atoms with Gasteiger partial charge < -0.3 is 0 Å². The molecule has 0 fully saturated rings. The van der Waals surface area contributed by atoms with Gasteiger partial charge in [0, 0.05) is 16.6 Å². The molecule has 0 spiro atoms. The maximum atomic E-state index is 13.9. The molecule has 0 aromatic heterocycles. The summed E-state index contributed by atoms with van der Waals surface area (Å²) in [6, 6.07) is 4.44. The molecule has 0 saturated heterocycles. The highest BCUT2D eigenvalue weighted by Crippen LogP contribution is 2.29. The summed E-state index contributed by atoms with van der Waals surface area (Å²) < 4.78 is 13.9. The second-order valence-electron chi connectivity index (χ2n) is 5.04. The smallest absolute Gasteiger partial charge is 0.128 e. The van der Waals surface area contributed by atoms with Crippen LogP contribution < -0.4 is 11.3 Å². The summed E-state index contributed by atoms with van der Waals surface area (Å²) in [5.41, 5.74) is 3.29. The van der Waals surface area contributed by atoms with E-state index in [4.69, 9.17) is 17.4 Å². The number of halogens is 2. The van der Waals surface area contributed by atoms with Crippen molar-refractivity contribution >= 4 is 11.6 Å². The minimum Gasteiger partial charge on any atom is -0.271 e. The van der Waals surface area contributed by atoms with Crippen molar-refractivity contribution in [2.45, 2.75) is 52.0 Å². The molecule has 0 bridgehead atoms. The second-order valence-corrected chi connectivity index (χ2v) is 5.47. The van der Waals surface area contributed by atoms with E-state index in [0.29, 0.717) is 16.5 Å². The first-order valence-corrected chi connectivity index (χ1v) is 7.41. The van der Waals surface area contributed by atoms with Gasteiger partial charge in [-0.05, 0) is 30.5 Å². The lowest BCUT2D eigenvalue weighted by atomic mass is 9.89. The van der Waals surface area contributed by atoms with E-state index in [0.717, 1.165) is 19.3 Å². The van der Waals surface area contributed by atoms with Gasteiger partial charge >= 0.3 is 0 Å². The van der Waals surface area contributed by atoms with Gasteiger partial charge in [0.1, 0.15) is 5.82 Å². The van der Waals surface area contributed by atoms with Crippen LogP contribution in [-0.2, 0) is 0 Å². The van der Waals surface area contributed by atoms with Crippen LogP contribution in [0.3, 0.4) is 0 Å². The molecule has 19 heavy (non-hydrogen) atoms. The van der Waals surface area contributed by atoms with Crippen molar-refractivity contribution in [3.05, 3.63) is 34.6 Å². The van der Waals surface area contributed by atoms with Crippen LogP contribution in [0.1, 0.15) is 57.6 Å². The fourth-order valence-electron chi connectivity index (χ4n) is 2.38. The molecule has 0 amide bonds. The average molecular weight is 287 g/mol. The summed E-state index contributed by atoms with van der Waals surface area (Å²) in [6.45, 7) is 4.35. The van der Waals surface area contributed by atoms with Crippen molar-refractivity contribution in [2.75, 3.05) is 0 Å². The zero-order valence-electron chi connectivity index (χ0n) is 11.8. The first-order chi connectivity index (χ1) is 9.12. The van der Waals surface area contributed by atoms with E-state index in [1.807, 2.05) is 0 Å². The molecular weight excluding hydrogens is 263 g/mol. The van der Waals surface area contributed by atoms with Gasteiger partial charge in [0.25, 0.3) is 0 Å². The predicted molar refractivity (Wildman–Crippen MR) is 79.4 cm³/mol. The average Bonchev–Trinajstić information content (AvgIpc) is 2.42. The maximum absolute atomic E-state index is 13.9. The lowest BCUT2D eigenvalue weighted by Gasteiger charge is -2.23. The summed E-state index contributed by atoms with van der Waals surface area (Å²) in [5, 5.41) is 0.540. The maximum Gasteiger partial charge on any atom is 0.128 e. The van der Waals surface area contributed by atoms with Crippen LogP contribution in [0, 0.1) is 11.7 Å². The number of nitrogens with two attached hydrogens (primary N) is 1. The summed E-state index contributed by atoms with van der Waals surface area (Å²) in [7, 11) is 0. The van der Waals surface area contributed by atoms with E-state index >= 15 is 0 Å². The molecule has 1 rings (SSSR count). The van der Waals surface area contributed by atoms with Gasteiger partial charge in [0.2, 0.25) is 0 Å². The van der Waals surface area contributed by atoms with E-state index in [9.17, 15) is 4.39 Å².